The molecule has 1 aromatic heterocycles. The zero-order valence-electron chi connectivity index (χ0n) is 9.53. The SMILES string of the molecule is CCCc1nc(CSCCC(C)N)cs1. The Morgan fingerprint density at radius 1 is 1.60 bits per heavy atom. The highest BCUT2D eigenvalue weighted by molar-refractivity contribution is 7.98. The number of hydrogen-bond acceptors (Lipinski definition) is 4. The van der Waals surface area contributed by atoms with Gasteiger partial charge in [0.15, 0.2) is 0 Å². The van der Waals surface area contributed by atoms with E-state index in [1.54, 1.807) is 11.3 Å². The topological polar surface area (TPSA) is 38.9 Å². The van der Waals surface area contributed by atoms with E-state index in [-0.39, 0.29) is 0 Å². The van der Waals surface area contributed by atoms with Crippen LogP contribution in [0.15, 0.2) is 5.38 Å². The molecule has 1 rings (SSSR count). The smallest absolute Gasteiger partial charge is 0.0928 e. The van der Waals surface area contributed by atoms with Crippen molar-refractivity contribution in [2.75, 3.05) is 5.75 Å². The van der Waals surface area contributed by atoms with Gasteiger partial charge in [-0.05, 0) is 31.9 Å². The van der Waals surface area contributed by atoms with Gasteiger partial charge in [-0.15, -0.1) is 11.3 Å². The van der Waals surface area contributed by atoms with E-state index >= 15 is 0 Å². The van der Waals surface area contributed by atoms with Crippen LogP contribution >= 0.6 is 23.1 Å². The molecular formula is C11H20N2S2. The second kappa shape index (κ2) is 7.25. The van der Waals surface area contributed by atoms with Gasteiger partial charge in [0.1, 0.15) is 0 Å². The summed E-state index contributed by atoms with van der Waals surface area (Å²) < 4.78 is 0. The summed E-state index contributed by atoms with van der Waals surface area (Å²) in [7, 11) is 0. The third-order valence-electron chi connectivity index (χ3n) is 2.03. The number of aryl methyl sites for hydroxylation is 1. The van der Waals surface area contributed by atoms with E-state index in [0.29, 0.717) is 6.04 Å². The number of rotatable bonds is 7. The first-order valence-corrected chi connectivity index (χ1v) is 7.52. The maximum Gasteiger partial charge on any atom is 0.0928 e. The van der Waals surface area contributed by atoms with Crippen molar-refractivity contribution in [2.45, 2.75) is 44.9 Å². The van der Waals surface area contributed by atoms with Crippen molar-refractivity contribution in [1.29, 1.82) is 0 Å². The summed E-state index contributed by atoms with van der Waals surface area (Å²) in [6, 6.07) is 0.323. The fraction of sp³-hybridized carbons (Fsp3) is 0.727. The highest BCUT2D eigenvalue weighted by atomic mass is 32.2. The minimum Gasteiger partial charge on any atom is -0.328 e. The maximum absolute atomic E-state index is 5.69. The molecule has 0 aliphatic heterocycles. The van der Waals surface area contributed by atoms with Crippen LogP contribution in [0.1, 0.15) is 37.4 Å². The molecule has 0 radical (unpaired) electrons. The minimum atomic E-state index is 0.323. The third kappa shape index (κ3) is 5.54. The van der Waals surface area contributed by atoms with Crippen LogP contribution in [0.2, 0.25) is 0 Å². The molecule has 1 unspecified atom stereocenters. The molecule has 1 atom stereocenters. The number of nitrogens with zero attached hydrogens (tertiary/aromatic N) is 1. The van der Waals surface area contributed by atoms with Crippen LogP contribution in [-0.2, 0) is 12.2 Å². The van der Waals surface area contributed by atoms with E-state index in [1.807, 2.05) is 11.8 Å². The van der Waals surface area contributed by atoms with Crippen molar-refractivity contribution in [1.82, 2.24) is 4.98 Å². The lowest BCUT2D eigenvalue weighted by molar-refractivity contribution is 0.721. The number of thioether (sulfide) groups is 1. The highest BCUT2D eigenvalue weighted by Gasteiger charge is 2.01. The van der Waals surface area contributed by atoms with Gasteiger partial charge in [0.05, 0.1) is 10.7 Å². The Bertz CT molecular complexity index is 271. The number of hydrogen-bond donors (Lipinski definition) is 1. The van der Waals surface area contributed by atoms with Crippen molar-refractivity contribution >= 4 is 23.1 Å². The van der Waals surface area contributed by atoms with Crippen LogP contribution in [0.4, 0.5) is 0 Å². The van der Waals surface area contributed by atoms with Gasteiger partial charge < -0.3 is 5.73 Å². The maximum atomic E-state index is 5.69. The van der Waals surface area contributed by atoms with Gasteiger partial charge >= 0.3 is 0 Å². The molecule has 0 aromatic carbocycles. The molecular weight excluding hydrogens is 224 g/mol. The van der Waals surface area contributed by atoms with E-state index < -0.39 is 0 Å². The van der Waals surface area contributed by atoms with E-state index in [9.17, 15) is 0 Å². The van der Waals surface area contributed by atoms with Gasteiger partial charge in [-0.3, -0.25) is 0 Å². The molecule has 0 saturated carbocycles. The molecule has 86 valence electrons. The summed E-state index contributed by atoms with van der Waals surface area (Å²) in [6.07, 6.45) is 3.40. The Morgan fingerprint density at radius 2 is 2.40 bits per heavy atom. The van der Waals surface area contributed by atoms with Crippen LogP contribution in [0.3, 0.4) is 0 Å². The highest BCUT2D eigenvalue weighted by Crippen LogP contribution is 2.17. The Hall–Kier alpha value is -0.0600. The van der Waals surface area contributed by atoms with Crippen LogP contribution in [-0.4, -0.2) is 16.8 Å². The molecule has 4 heteroatoms. The molecule has 0 aliphatic rings. The molecule has 0 spiro atoms. The number of thiazole rings is 1. The molecule has 1 aromatic rings. The standard InChI is InChI=1S/C11H20N2S2/c1-3-4-11-13-10(8-15-11)7-14-6-5-9(2)12/h8-9H,3-7,12H2,1-2H3. The average Bonchev–Trinajstić information content (AvgIpc) is 2.61. The van der Waals surface area contributed by atoms with E-state index in [4.69, 9.17) is 5.73 Å². The summed E-state index contributed by atoms with van der Waals surface area (Å²) in [5.74, 6) is 2.17. The molecule has 0 amide bonds. The van der Waals surface area contributed by atoms with Crippen molar-refractivity contribution in [3.63, 3.8) is 0 Å². The molecule has 1 heterocycles. The average molecular weight is 244 g/mol. The largest absolute Gasteiger partial charge is 0.328 e. The predicted octanol–water partition coefficient (Wildman–Crippen LogP) is 3.07. The van der Waals surface area contributed by atoms with Crippen LogP contribution in [0.25, 0.3) is 0 Å². The lowest BCUT2D eigenvalue weighted by Gasteiger charge is -2.02. The second-order valence-electron chi connectivity index (χ2n) is 3.80. The fourth-order valence-corrected chi connectivity index (χ4v) is 3.24. The minimum absolute atomic E-state index is 0.323. The van der Waals surface area contributed by atoms with Gasteiger partial charge in [-0.25, -0.2) is 4.98 Å². The molecule has 0 fully saturated rings. The Labute approximate surface area is 101 Å². The lowest BCUT2D eigenvalue weighted by atomic mass is 10.3. The van der Waals surface area contributed by atoms with Gasteiger partial charge in [0.2, 0.25) is 0 Å². The van der Waals surface area contributed by atoms with Crippen molar-refractivity contribution in [3.8, 4) is 0 Å². The molecule has 15 heavy (non-hydrogen) atoms. The summed E-state index contributed by atoms with van der Waals surface area (Å²) >= 11 is 3.72. The first kappa shape index (κ1) is 13.0. The third-order valence-corrected chi connectivity index (χ3v) is 4.01. The van der Waals surface area contributed by atoms with Crippen molar-refractivity contribution in [2.24, 2.45) is 5.73 Å². The lowest BCUT2D eigenvalue weighted by Crippen LogP contribution is -2.15. The molecule has 0 saturated heterocycles. The van der Waals surface area contributed by atoms with E-state index in [0.717, 1.165) is 24.3 Å². The molecule has 2 nitrogen and oxygen atoms in total. The Balaban J connectivity index is 2.19. The zero-order valence-corrected chi connectivity index (χ0v) is 11.2. The summed E-state index contributed by atoms with van der Waals surface area (Å²) in [5, 5.41) is 3.46. The molecule has 0 bridgehead atoms. The van der Waals surface area contributed by atoms with E-state index in [1.165, 1.54) is 17.1 Å². The fourth-order valence-electron chi connectivity index (χ4n) is 1.19. The molecule has 2 N–H and O–H groups in total. The van der Waals surface area contributed by atoms with Crippen LogP contribution < -0.4 is 5.73 Å². The monoisotopic (exact) mass is 244 g/mol. The Morgan fingerprint density at radius 3 is 3.07 bits per heavy atom. The number of aromatic nitrogens is 1. The van der Waals surface area contributed by atoms with E-state index in [2.05, 4.69) is 24.2 Å². The predicted molar refractivity (Wildman–Crippen MR) is 70.5 cm³/mol. The van der Waals surface area contributed by atoms with Gasteiger partial charge in [-0.1, -0.05) is 6.92 Å². The normalized spacial score (nSPS) is 13.0. The number of nitrogens with two attached hydrogens (primary N) is 1. The summed E-state index contributed by atoms with van der Waals surface area (Å²) in [4.78, 5) is 4.58. The molecule has 0 aliphatic carbocycles. The van der Waals surface area contributed by atoms with Gasteiger partial charge in [0, 0.05) is 17.2 Å². The van der Waals surface area contributed by atoms with Crippen LogP contribution in [0, 0.1) is 0 Å². The first-order valence-electron chi connectivity index (χ1n) is 5.49. The zero-order chi connectivity index (χ0) is 11.1. The quantitative estimate of drug-likeness (QED) is 0.749. The van der Waals surface area contributed by atoms with Gasteiger partial charge in [0.25, 0.3) is 0 Å². The van der Waals surface area contributed by atoms with Crippen molar-refractivity contribution < 1.29 is 0 Å². The summed E-state index contributed by atoms with van der Waals surface area (Å²) in [5.41, 5.74) is 6.92. The van der Waals surface area contributed by atoms with Crippen LogP contribution in [0.5, 0.6) is 0 Å². The first-order chi connectivity index (χ1) is 7.22. The summed E-state index contributed by atoms with van der Waals surface area (Å²) in [6.45, 7) is 4.25. The second-order valence-corrected chi connectivity index (χ2v) is 5.85. The van der Waals surface area contributed by atoms with Crippen molar-refractivity contribution in [3.05, 3.63) is 16.1 Å². The van der Waals surface area contributed by atoms with Gasteiger partial charge in [-0.2, -0.15) is 11.8 Å². The Kier molecular flexibility index (Phi) is 6.29.